The van der Waals surface area contributed by atoms with Crippen molar-refractivity contribution in [2.45, 2.75) is 159 Å². The number of aliphatic hydroxyl groups is 7. The third kappa shape index (κ3) is 11.3. The molecule has 0 aromatic rings. The number of allylic oxidation sites excluding steroid dienone is 2. The molecule has 258 valence electrons. The van der Waals surface area contributed by atoms with E-state index in [9.17, 15) is 40.5 Å². The number of carbonyl (C=O) groups excluding carboxylic acids is 1. The van der Waals surface area contributed by atoms with Gasteiger partial charge >= 0.3 is 5.97 Å². The van der Waals surface area contributed by atoms with Crippen LogP contribution in [0.3, 0.4) is 0 Å². The molecule has 0 bridgehead atoms. The Hall–Kier alpha value is -1.19. The zero-order valence-corrected chi connectivity index (χ0v) is 26.5. The summed E-state index contributed by atoms with van der Waals surface area (Å²) in [6.45, 7) is 1.69. The Morgan fingerprint density at radius 3 is 1.93 bits per heavy atom. The van der Waals surface area contributed by atoms with Gasteiger partial charge < -0.3 is 54.7 Å². The molecule has 0 amide bonds. The minimum absolute atomic E-state index is 0.479. The van der Waals surface area contributed by atoms with Crippen LogP contribution in [-0.4, -0.2) is 116 Å². The molecule has 2 rings (SSSR count). The van der Waals surface area contributed by atoms with Crippen molar-refractivity contribution in [3.63, 3.8) is 0 Å². The normalized spacial score (nSPS) is 33.2. The molecule has 0 aromatic heterocycles. The average Bonchev–Trinajstić information content (AvgIpc) is 3.29. The average molecular weight is 635 g/mol. The number of unbranched alkanes of at least 4 members (excludes halogenated alkanes) is 10. The second-order valence-electron chi connectivity index (χ2n) is 12.1. The van der Waals surface area contributed by atoms with Crippen molar-refractivity contribution in [1.82, 2.24) is 0 Å². The van der Waals surface area contributed by atoms with Crippen LogP contribution in [-0.2, 0) is 23.7 Å². The number of hydrogen-bond donors (Lipinski definition) is 7. The van der Waals surface area contributed by atoms with Crippen molar-refractivity contribution < 1.29 is 59.5 Å². The molecule has 0 aromatic carbocycles. The summed E-state index contributed by atoms with van der Waals surface area (Å²) in [7, 11) is 0. The van der Waals surface area contributed by atoms with Crippen LogP contribution in [0, 0.1) is 5.92 Å². The quantitative estimate of drug-likeness (QED) is 0.0519. The largest absolute Gasteiger partial charge is 0.453 e. The highest BCUT2D eigenvalue weighted by atomic mass is 16.8. The highest BCUT2D eigenvalue weighted by Crippen LogP contribution is 2.38. The SMILES string of the molecule is CCCCCCCC/C=C\CCCCCCC(CC)C(=O)O[C@H]1[C@H](O)[C@@H](CO)O[C@@]1(CO)O[C@H]1O[C@H](CO)[C@@H](O)[C@H](O)[C@H]1O. The number of hydrogen-bond acceptors (Lipinski definition) is 12. The zero-order chi connectivity index (χ0) is 32.5. The van der Waals surface area contributed by atoms with Crippen LogP contribution in [0.15, 0.2) is 12.2 Å². The molecule has 2 saturated heterocycles. The molecule has 0 aliphatic carbocycles. The van der Waals surface area contributed by atoms with E-state index in [1.807, 2.05) is 6.92 Å². The van der Waals surface area contributed by atoms with Gasteiger partial charge in [0.2, 0.25) is 5.79 Å². The van der Waals surface area contributed by atoms with Gasteiger partial charge in [0.15, 0.2) is 12.4 Å². The van der Waals surface area contributed by atoms with Gasteiger partial charge in [0.1, 0.15) is 43.2 Å². The van der Waals surface area contributed by atoms with Crippen LogP contribution in [0.5, 0.6) is 0 Å². The first-order valence-electron chi connectivity index (χ1n) is 16.6. The van der Waals surface area contributed by atoms with Crippen LogP contribution < -0.4 is 0 Å². The van der Waals surface area contributed by atoms with E-state index in [-0.39, 0.29) is 0 Å². The molecule has 2 aliphatic heterocycles. The van der Waals surface area contributed by atoms with Crippen LogP contribution in [0.1, 0.15) is 104 Å². The van der Waals surface area contributed by atoms with Gasteiger partial charge in [0.05, 0.1) is 19.1 Å². The Morgan fingerprint density at radius 2 is 1.36 bits per heavy atom. The third-order valence-electron chi connectivity index (χ3n) is 8.67. The lowest BCUT2D eigenvalue weighted by Gasteiger charge is -2.43. The summed E-state index contributed by atoms with van der Waals surface area (Å²) in [5, 5.41) is 71.0. The molecule has 7 N–H and O–H groups in total. The van der Waals surface area contributed by atoms with Crippen molar-refractivity contribution in [1.29, 1.82) is 0 Å². The smallest absolute Gasteiger partial charge is 0.309 e. The highest BCUT2D eigenvalue weighted by Gasteiger charge is 2.61. The molecule has 1 unspecified atom stereocenters. The van der Waals surface area contributed by atoms with E-state index in [1.165, 1.54) is 38.5 Å². The summed E-state index contributed by atoms with van der Waals surface area (Å²) >= 11 is 0. The van der Waals surface area contributed by atoms with E-state index in [0.717, 1.165) is 38.5 Å². The predicted octanol–water partition coefficient (Wildman–Crippen LogP) is 1.83. The predicted molar refractivity (Wildman–Crippen MR) is 161 cm³/mol. The maximum atomic E-state index is 13.2. The van der Waals surface area contributed by atoms with Crippen molar-refractivity contribution in [2.24, 2.45) is 5.92 Å². The maximum Gasteiger partial charge on any atom is 0.309 e. The van der Waals surface area contributed by atoms with Crippen molar-refractivity contribution >= 4 is 5.97 Å². The standard InChI is InChI=1S/C32H58O12/c1-3-5-6-7-8-9-10-11-12-13-14-15-16-17-18-22(4-2)30(40)42-29-26(37)24(20-34)43-32(29,21-35)44-31-28(39)27(38)25(36)23(19-33)41-31/h11-12,22-29,31,33-39H,3-10,13-21H2,1-2H3/b12-11-/t22?,23-,24-,25-,26-,27+,28-,29+,31-,32+/m1/s1. The molecule has 44 heavy (non-hydrogen) atoms. The topological polar surface area (TPSA) is 196 Å². The van der Waals surface area contributed by atoms with Gasteiger partial charge in [0, 0.05) is 0 Å². The summed E-state index contributed by atoms with van der Waals surface area (Å²) in [5.41, 5.74) is 0. The van der Waals surface area contributed by atoms with E-state index in [0.29, 0.717) is 12.8 Å². The molecule has 2 heterocycles. The Labute approximate surface area is 262 Å². The first-order valence-corrected chi connectivity index (χ1v) is 16.6. The molecule has 0 radical (unpaired) electrons. The van der Waals surface area contributed by atoms with Gasteiger partial charge in [0.25, 0.3) is 0 Å². The lowest BCUT2D eigenvalue weighted by Crippen LogP contribution is -2.63. The number of esters is 1. The summed E-state index contributed by atoms with van der Waals surface area (Å²) in [4.78, 5) is 13.2. The summed E-state index contributed by atoms with van der Waals surface area (Å²) in [6.07, 6.45) is 6.65. The van der Waals surface area contributed by atoms with Gasteiger partial charge in [-0.25, -0.2) is 0 Å². The second-order valence-corrected chi connectivity index (χ2v) is 12.1. The molecule has 2 aliphatic rings. The Morgan fingerprint density at radius 1 is 0.773 bits per heavy atom. The minimum atomic E-state index is -2.27. The molecular formula is C32H58O12. The van der Waals surface area contributed by atoms with E-state index >= 15 is 0 Å². The summed E-state index contributed by atoms with van der Waals surface area (Å²) in [6, 6.07) is 0. The fourth-order valence-electron chi connectivity index (χ4n) is 5.77. The molecule has 10 atom stereocenters. The number of ether oxygens (including phenoxy) is 4. The first-order chi connectivity index (χ1) is 21.2. The Balaban J connectivity index is 1.86. The number of aliphatic hydroxyl groups excluding tert-OH is 7. The third-order valence-corrected chi connectivity index (χ3v) is 8.67. The lowest BCUT2D eigenvalue weighted by atomic mass is 9.97. The van der Waals surface area contributed by atoms with Gasteiger partial charge in [-0.3, -0.25) is 4.79 Å². The van der Waals surface area contributed by atoms with E-state index in [2.05, 4.69) is 19.1 Å². The van der Waals surface area contributed by atoms with Gasteiger partial charge in [-0.05, 0) is 38.5 Å². The fraction of sp³-hybridized carbons (Fsp3) is 0.906. The van der Waals surface area contributed by atoms with Crippen LogP contribution >= 0.6 is 0 Å². The zero-order valence-electron chi connectivity index (χ0n) is 26.5. The van der Waals surface area contributed by atoms with Crippen molar-refractivity contribution in [2.75, 3.05) is 19.8 Å². The van der Waals surface area contributed by atoms with Crippen molar-refractivity contribution in [3.8, 4) is 0 Å². The molecule has 12 heteroatoms. The van der Waals surface area contributed by atoms with Crippen LogP contribution in [0.25, 0.3) is 0 Å². The number of rotatable bonds is 22. The number of carbonyl (C=O) groups is 1. The lowest BCUT2D eigenvalue weighted by molar-refractivity contribution is -0.384. The minimum Gasteiger partial charge on any atom is -0.453 e. The molecular weight excluding hydrogens is 576 g/mol. The molecule has 0 saturated carbocycles. The van der Waals surface area contributed by atoms with Gasteiger partial charge in [-0.1, -0.05) is 77.4 Å². The van der Waals surface area contributed by atoms with Crippen LogP contribution in [0.4, 0.5) is 0 Å². The van der Waals surface area contributed by atoms with E-state index in [4.69, 9.17) is 18.9 Å². The maximum absolute atomic E-state index is 13.2. The molecule has 0 spiro atoms. The van der Waals surface area contributed by atoms with Crippen LogP contribution in [0.2, 0.25) is 0 Å². The second kappa shape index (κ2) is 20.8. The summed E-state index contributed by atoms with van der Waals surface area (Å²) in [5.74, 6) is -3.39. The summed E-state index contributed by atoms with van der Waals surface area (Å²) < 4.78 is 22.3. The first kappa shape index (κ1) is 39.0. The fourth-order valence-corrected chi connectivity index (χ4v) is 5.77. The molecule has 2 fully saturated rings. The van der Waals surface area contributed by atoms with E-state index < -0.39 is 86.5 Å². The van der Waals surface area contributed by atoms with Gasteiger partial charge in [-0.15, -0.1) is 0 Å². The van der Waals surface area contributed by atoms with Crippen molar-refractivity contribution in [3.05, 3.63) is 12.2 Å². The molecule has 12 nitrogen and oxygen atoms in total. The Kier molecular flexibility index (Phi) is 18.5. The highest BCUT2D eigenvalue weighted by molar-refractivity contribution is 5.72. The van der Waals surface area contributed by atoms with Gasteiger partial charge in [-0.2, -0.15) is 0 Å². The monoisotopic (exact) mass is 634 g/mol. The van der Waals surface area contributed by atoms with E-state index in [1.54, 1.807) is 0 Å². The Bertz CT molecular complexity index is 810.